The number of hydrogen-bond acceptors (Lipinski definition) is 3. The maximum Gasteiger partial charge on any atom is 0.335 e. The molecule has 2 aromatic carbocycles. The molecule has 0 aromatic heterocycles. The Labute approximate surface area is 146 Å². The fraction of sp³-hybridized carbons (Fsp3) is 0.300. The van der Waals surface area contributed by atoms with Crippen molar-refractivity contribution >= 4 is 17.6 Å². The van der Waals surface area contributed by atoms with E-state index in [4.69, 9.17) is 9.84 Å². The molecule has 0 saturated carbocycles. The molecule has 1 heterocycles. The van der Waals surface area contributed by atoms with Crippen LogP contribution in [-0.4, -0.2) is 29.6 Å². The van der Waals surface area contributed by atoms with Gasteiger partial charge in [-0.15, -0.1) is 0 Å². The topological polar surface area (TPSA) is 66.8 Å². The second-order valence-corrected chi connectivity index (χ2v) is 6.41. The van der Waals surface area contributed by atoms with Gasteiger partial charge in [0.05, 0.1) is 18.3 Å². The standard InChI is InChI=1S/C20H21NO4/c1-13(2)25-12-14-3-5-15(6-4-14)19(22)21-10-9-16-11-17(20(23)24)7-8-18(16)21/h3-8,11,13H,9-10,12H2,1-2H3,(H,23,24). The second kappa shape index (κ2) is 7.07. The quantitative estimate of drug-likeness (QED) is 0.905. The fourth-order valence-electron chi connectivity index (χ4n) is 2.91. The van der Waals surface area contributed by atoms with Gasteiger partial charge >= 0.3 is 5.97 Å². The van der Waals surface area contributed by atoms with Crippen LogP contribution >= 0.6 is 0 Å². The van der Waals surface area contributed by atoms with Crippen molar-refractivity contribution in [3.8, 4) is 0 Å². The third-order valence-electron chi connectivity index (χ3n) is 4.25. The summed E-state index contributed by atoms with van der Waals surface area (Å²) in [5.41, 5.74) is 3.58. The lowest BCUT2D eigenvalue weighted by atomic mass is 10.1. The van der Waals surface area contributed by atoms with Crippen LogP contribution in [0, 0.1) is 0 Å². The Morgan fingerprint density at radius 1 is 1.12 bits per heavy atom. The first-order chi connectivity index (χ1) is 12.0. The number of carboxylic acid groups (broad SMARTS) is 1. The monoisotopic (exact) mass is 339 g/mol. The normalized spacial score (nSPS) is 13.2. The summed E-state index contributed by atoms with van der Waals surface area (Å²) >= 11 is 0. The Morgan fingerprint density at radius 3 is 2.44 bits per heavy atom. The molecule has 0 fully saturated rings. The van der Waals surface area contributed by atoms with Crippen LogP contribution in [0.25, 0.3) is 0 Å². The second-order valence-electron chi connectivity index (χ2n) is 6.41. The van der Waals surface area contributed by atoms with E-state index in [1.54, 1.807) is 23.1 Å². The number of rotatable bonds is 5. The van der Waals surface area contributed by atoms with E-state index in [0.29, 0.717) is 25.1 Å². The lowest BCUT2D eigenvalue weighted by Gasteiger charge is -2.18. The average Bonchev–Trinajstić information content (AvgIpc) is 3.02. The number of anilines is 1. The van der Waals surface area contributed by atoms with E-state index >= 15 is 0 Å². The van der Waals surface area contributed by atoms with E-state index in [1.807, 2.05) is 38.1 Å². The van der Waals surface area contributed by atoms with E-state index in [1.165, 1.54) is 0 Å². The van der Waals surface area contributed by atoms with Gasteiger partial charge in [-0.3, -0.25) is 4.79 Å². The molecule has 130 valence electrons. The summed E-state index contributed by atoms with van der Waals surface area (Å²) < 4.78 is 5.56. The Hall–Kier alpha value is -2.66. The Bertz CT molecular complexity index is 796. The minimum atomic E-state index is -0.952. The summed E-state index contributed by atoms with van der Waals surface area (Å²) in [6.07, 6.45) is 0.834. The molecule has 25 heavy (non-hydrogen) atoms. The zero-order chi connectivity index (χ0) is 18.0. The SMILES string of the molecule is CC(C)OCc1ccc(C(=O)N2CCc3cc(C(=O)O)ccc32)cc1. The van der Waals surface area contributed by atoms with Crippen LogP contribution in [0.1, 0.15) is 45.7 Å². The highest BCUT2D eigenvalue weighted by Gasteiger charge is 2.26. The maximum atomic E-state index is 12.8. The lowest BCUT2D eigenvalue weighted by Crippen LogP contribution is -2.28. The number of benzene rings is 2. The molecule has 0 bridgehead atoms. The van der Waals surface area contributed by atoms with Crippen LogP contribution in [0.5, 0.6) is 0 Å². The summed E-state index contributed by atoms with van der Waals surface area (Å²) in [6.45, 7) is 5.06. The number of fused-ring (bicyclic) bond motifs is 1. The third-order valence-corrected chi connectivity index (χ3v) is 4.25. The molecule has 5 heteroatoms. The smallest absolute Gasteiger partial charge is 0.335 e. The number of ether oxygens (including phenoxy) is 1. The molecule has 0 unspecified atom stereocenters. The van der Waals surface area contributed by atoms with Crippen molar-refractivity contribution in [3.05, 3.63) is 64.7 Å². The highest BCUT2D eigenvalue weighted by atomic mass is 16.5. The Kier molecular flexibility index (Phi) is 4.86. The van der Waals surface area contributed by atoms with Gasteiger partial charge in [-0.1, -0.05) is 12.1 Å². The number of carbonyl (C=O) groups is 2. The Morgan fingerprint density at radius 2 is 1.80 bits per heavy atom. The minimum absolute atomic E-state index is 0.0712. The highest BCUT2D eigenvalue weighted by Crippen LogP contribution is 2.30. The number of aromatic carboxylic acids is 1. The molecule has 0 radical (unpaired) electrons. The molecule has 1 aliphatic rings. The van der Waals surface area contributed by atoms with Gasteiger partial charge in [0.1, 0.15) is 0 Å². The average molecular weight is 339 g/mol. The van der Waals surface area contributed by atoms with E-state index in [0.717, 1.165) is 16.8 Å². The fourth-order valence-corrected chi connectivity index (χ4v) is 2.91. The van der Waals surface area contributed by atoms with Crippen LogP contribution in [-0.2, 0) is 17.8 Å². The van der Waals surface area contributed by atoms with Crippen LogP contribution in [0.4, 0.5) is 5.69 Å². The van der Waals surface area contributed by atoms with E-state index < -0.39 is 5.97 Å². The third kappa shape index (κ3) is 3.72. The number of hydrogen-bond donors (Lipinski definition) is 1. The van der Waals surface area contributed by atoms with Crippen LogP contribution in [0.3, 0.4) is 0 Å². The Balaban J connectivity index is 1.76. The molecule has 1 aliphatic heterocycles. The van der Waals surface area contributed by atoms with Crippen molar-refractivity contribution in [2.75, 3.05) is 11.4 Å². The summed E-state index contributed by atoms with van der Waals surface area (Å²) in [4.78, 5) is 25.6. The van der Waals surface area contributed by atoms with Gasteiger partial charge in [-0.05, 0) is 61.7 Å². The van der Waals surface area contributed by atoms with Crippen molar-refractivity contribution in [2.24, 2.45) is 0 Å². The molecule has 5 nitrogen and oxygen atoms in total. The maximum absolute atomic E-state index is 12.8. The van der Waals surface area contributed by atoms with Gasteiger partial charge in [0.15, 0.2) is 0 Å². The number of nitrogens with zero attached hydrogens (tertiary/aromatic N) is 1. The number of amides is 1. The van der Waals surface area contributed by atoms with Crippen molar-refractivity contribution in [1.29, 1.82) is 0 Å². The molecule has 1 N–H and O–H groups in total. The van der Waals surface area contributed by atoms with E-state index in [-0.39, 0.29) is 17.6 Å². The highest BCUT2D eigenvalue weighted by molar-refractivity contribution is 6.07. The first kappa shape index (κ1) is 17.2. The van der Waals surface area contributed by atoms with Crippen molar-refractivity contribution in [2.45, 2.75) is 33.0 Å². The molecular formula is C20H21NO4. The van der Waals surface area contributed by atoms with Gasteiger partial charge in [-0.25, -0.2) is 4.79 Å². The zero-order valence-electron chi connectivity index (χ0n) is 14.4. The van der Waals surface area contributed by atoms with Crippen molar-refractivity contribution < 1.29 is 19.4 Å². The molecular weight excluding hydrogens is 318 g/mol. The van der Waals surface area contributed by atoms with Crippen LogP contribution < -0.4 is 4.90 Å². The van der Waals surface area contributed by atoms with Gasteiger partial charge in [0.25, 0.3) is 5.91 Å². The van der Waals surface area contributed by atoms with Crippen LogP contribution in [0.15, 0.2) is 42.5 Å². The van der Waals surface area contributed by atoms with E-state index in [2.05, 4.69) is 0 Å². The molecule has 2 aromatic rings. The lowest BCUT2D eigenvalue weighted by molar-refractivity contribution is 0.0656. The predicted molar refractivity (Wildman–Crippen MR) is 95.1 cm³/mol. The predicted octanol–water partition coefficient (Wildman–Crippen LogP) is 3.51. The van der Waals surface area contributed by atoms with Gasteiger partial charge < -0.3 is 14.7 Å². The molecule has 0 spiro atoms. The molecule has 0 aliphatic carbocycles. The zero-order valence-corrected chi connectivity index (χ0v) is 14.4. The van der Waals surface area contributed by atoms with Gasteiger partial charge in [-0.2, -0.15) is 0 Å². The van der Waals surface area contributed by atoms with Crippen molar-refractivity contribution in [3.63, 3.8) is 0 Å². The molecule has 3 rings (SSSR count). The van der Waals surface area contributed by atoms with Crippen LogP contribution in [0.2, 0.25) is 0 Å². The largest absolute Gasteiger partial charge is 0.478 e. The van der Waals surface area contributed by atoms with Crippen molar-refractivity contribution in [1.82, 2.24) is 0 Å². The number of carboxylic acids is 1. The summed E-state index contributed by atoms with van der Waals surface area (Å²) in [6, 6.07) is 12.3. The van der Waals surface area contributed by atoms with E-state index in [9.17, 15) is 9.59 Å². The minimum Gasteiger partial charge on any atom is -0.478 e. The van der Waals surface area contributed by atoms with Gasteiger partial charge in [0.2, 0.25) is 0 Å². The molecule has 0 saturated heterocycles. The summed E-state index contributed by atoms with van der Waals surface area (Å²) in [7, 11) is 0. The first-order valence-electron chi connectivity index (χ1n) is 8.34. The summed E-state index contributed by atoms with van der Waals surface area (Å²) in [5, 5.41) is 9.08. The number of carbonyl (C=O) groups excluding carboxylic acids is 1. The first-order valence-corrected chi connectivity index (χ1v) is 8.34. The molecule has 1 amide bonds. The summed E-state index contributed by atoms with van der Waals surface area (Å²) in [5.74, 6) is -1.02. The van der Waals surface area contributed by atoms with Gasteiger partial charge in [0, 0.05) is 17.8 Å². The molecule has 0 atom stereocenters.